The minimum atomic E-state index is -4.18. The molecule has 2 aromatic carbocycles. The van der Waals surface area contributed by atoms with E-state index in [0.717, 1.165) is 0 Å². The van der Waals surface area contributed by atoms with Gasteiger partial charge in [0, 0.05) is 12.1 Å². The molecule has 0 aliphatic heterocycles. The first kappa shape index (κ1) is 20.9. The molecule has 1 aromatic heterocycles. The van der Waals surface area contributed by atoms with Crippen LogP contribution in [-0.2, 0) is 21.2 Å². The number of rotatable bonds is 7. The molecule has 0 aliphatic rings. The van der Waals surface area contributed by atoms with Crippen molar-refractivity contribution in [2.75, 3.05) is 0 Å². The quantitative estimate of drug-likeness (QED) is 0.514. The number of primary sulfonamides is 1. The predicted octanol–water partition coefficient (Wildman–Crippen LogP) is 2.49. The Morgan fingerprint density at radius 2 is 1.72 bits per heavy atom. The molecule has 0 spiro atoms. The Labute approximate surface area is 168 Å². The van der Waals surface area contributed by atoms with Gasteiger partial charge in [-0.2, -0.15) is 0 Å². The number of halogens is 1. The molecule has 4 N–H and O–H groups in total. The zero-order valence-corrected chi connectivity index (χ0v) is 16.5. The molecule has 0 saturated carbocycles. The highest BCUT2D eigenvalue weighted by molar-refractivity contribution is 7.90. The Morgan fingerprint density at radius 3 is 2.34 bits per heavy atom. The van der Waals surface area contributed by atoms with Gasteiger partial charge in [0.25, 0.3) is 0 Å². The van der Waals surface area contributed by atoms with Crippen LogP contribution < -0.4 is 5.14 Å². The first-order valence-electron chi connectivity index (χ1n) is 8.87. The van der Waals surface area contributed by atoms with Crippen molar-refractivity contribution in [2.24, 2.45) is 5.14 Å². The fourth-order valence-corrected chi connectivity index (χ4v) is 4.13. The normalized spacial score (nSPS) is 14.9. The van der Waals surface area contributed by atoms with Crippen LogP contribution in [0, 0.1) is 5.82 Å². The second-order valence-corrected chi connectivity index (χ2v) is 8.88. The third-order valence-corrected chi connectivity index (χ3v) is 6.79. The molecule has 6 nitrogen and oxygen atoms in total. The van der Waals surface area contributed by atoms with Gasteiger partial charge in [-0.1, -0.05) is 42.5 Å². The van der Waals surface area contributed by atoms with Crippen LogP contribution in [0.15, 0.2) is 66.7 Å². The summed E-state index contributed by atoms with van der Waals surface area (Å²) in [7, 11) is -4.18. The lowest BCUT2D eigenvalue weighted by Gasteiger charge is -2.32. The maximum Gasteiger partial charge on any atom is 0.221 e. The molecule has 2 unspecified atom stereocenters. The number of aliphatic hydroxyl groups is 1. The minimum Gasteiger partial charge on any atom is -0.391 e. The summed E-state index contributed by atoms with van der Waals surface area (Å²) < 4.78 is 36.8. The van der Waals surface area contributed by atoms with E-state index in [4.69, 9.17) is 5.14 Å². The highest BCUT2D eigenvalue weighted by Gasteiger charge is 2.45. The summed E-state index contributed by atoms with van der Waals surface area (Å²) in [5.74, 6) is -1.18. The molecule has 3 aromatic rings. The van der Waals surface area contributed by atoms with Gasteiger partial charge in [0.1, 0.15) is 10.6 Å². The van der Waals surface area contributed by atoms with E-state index in [9.17, 15) is 22.7 Å². The molecule has 3 rings (SSSR count). The Bertz CT molecular complexity index is 1130. The van der Waals surface area contributed by atoms with E-state index in [1.54, 1.807) is 42.5 Å². The number of H-pyrrole nitrogens is 1. The lowest BCUT2D eigenvalue weighted by molar-refractivity contribution is 0.102. The van der Waals surface area contributed by atoms with Crippen LogP contribution in [0.5, 0.6) is 0 Å². The van der Waals surface area contributed by atoms with Crippen molar-refractivity contribution in [1.29, 1.82) is 0 Å². The molecule has 0 saturated heterocycles. The molecule has 0 amide bonds. The summed E-state index contributed by atoms with van der Waals surface area (Å²) in [6, 6.07) is 16.8. The van der Waals surface area contributed by atoms with E-state index in [1.807, 2.05) is 0 Å². The molecular weight excluding hydrogens is 395 g/mol. The van der Waals surface area contributed by atoms with Gasteiger partial charge in [-0.05, 0) is 36.8 Å². The maximum atomic E-state index is 13.9. The highest BCUT2D eigenvalue weighted by Crippen LogP contribution is 2.33. The van der Waals surface area contributed by atoms with Gasteiger partial charge in [-0.15, -0.1) is 0 Å². The van der Waals surface area contributed by atoms with Crippen molar-refractivity contribution in [3.05, 3.63) is 95.1 Å². The van der Waals surface area contributed by atoms with Crippen molar-refractivity contribution in [3.8, 4) is 0 Å². The fourth-order valence-electron chi connectivity index (χ4n) is 3.20. The van der Waals surface area contributed by atoms with Crippen LogP contribution in [0.2, 0.25) is 0 Å². The van der Waals surface area contributed by atoms with Crippen LogP contribution >= 0.6 is 0 Å². The van der Waals surface area contributed by atoms with E-state index in [2.05, 4.69) is 4.98 Å². The molecule has 2 atom stereocenters. The van der Waals surface area contributed by atoms with Crippen LogP contribution in [-0.4, -0.2) is 30.4 Å². The highest BCUT2D eigenvalue weighted by atomic mass is 32.2. The summed E-state index contributed by atoms with van der Waals surface area (Å²) in [5.41, 5.74) is 0.821. The van der Waals surface area contributed by atoms with Crippen molar-refractivity contribution in [1.82, 2.24) is 4.98 Å². The molecule has 0 fully saturated rings. The number of aliphatic hydroxyl groups excluding tert-OH is 1. The summed E-state index contributed by atoms with van der Waals surface area (Å²) >= 11 is 0. The molecule has 0 radical (unpaired) electrons. The third-order valence-electron chi connectivity index (χ3n) is 5.10. The fraction of sp³-hybridized carbons (Fsp3) is 0.190. The smallest absolute Gasteiger partial charge is 0.221 e. The topological polar surface area (TPSA) is 113 Å². The number of sulfonamides is 1. The van der Waals surface area contributed by atoms with Gasteiger partial charge in [0.05, 0.1) is 17.4 Å². The second-order valence-electron chi connectivity index (χ2n) is 6.94. The largest absolute Gasteiger partial charge is 0.391 e. The van der Waals surface area contributed by atoms with Gasteiger partial charge < -0.3 is 10.1 Å². The van der Waals surface area contributed by atoms with Crippen molar-refractivity contribution in [3.63, 3.8) is 0 Å². The van der Waals surface area contributed by atoms with E-state index in [1.165, 1.54) is 31.2 Å². The van der Waals surface area contributed by atoms with E-state index in [-0.39, 0.29) is 17.7 Å². The Balaban J connectivity index is 1.88. The monoisotopic (exact) mass is 416 g/mol. The van der Waals surface area contributed by atoms with Crippen molar-refractivity contribution in [2.45, 2.75) is 24.2 Å². The third kappa shape index (κ3) is 4.00. The predicted molar refractivity (Wildman–Crippen MR) is 107 cm³/mol. The maximum absolute atomic E-state index is 13.9. The van der Waals surface area contributed by atoms with Crippen LogP contribution in [0.1, 0.15) is 34.2 Å². The van der Waals surface area contributed by atoms with Gasteiger partial charge in [0.2, 0.25) is 15.8 Å². The first-order chi connectivity index (χ1) is 13.6. The van der Waals surface area contributed by atoms with E-state index < -0.39 is 32.5 Å². The number of aromatic amines is 1. The lowest BCUT2D eigenvalue weighted by atomic mass is 9.91. The molecule has 29 heavy (non-hydrogen) atoms. The van der Waals surface area contributed by atoms with Gasteiger partial charge in [-0.3, -0.25) is 4.79 Å². The number of nitrogens with one attached hydrogen (secondary N) is 1. The van der Waals surface area contributed by atoms with Crippen molar-refractivity contribution < 1.29 is 22.7 Å². The summed E-state index contributed by atoms with van der Waals surface area (Å²) in [5, 5.41) is 16.2. The standard InChI is InChI=1S/C21H21FN2O4S/c1-21(29(23,27)28,14-7-3-2-4-8-14)19(25)13-15-11-12-18(24-15)20(26)16-9-5-6-10-17(16)22/h2-12,19,24-25H,13H2,1H3,(H2,23,27,28). The second kappa shape index (κ2) is 7.90. The molecule has 8 heteroatoms. The van der Waals surface area contributed by atoms with Gasteiger partial charge in [0.15, 0.2) is 0 Å². The first-order valence-corrected chi connectivity index (χ1v) is 10.4. The molecule has 152 valence electrons. The lowest BCUT2D eigenvalue weighted by Crippen LogP contribution is -2.48. The van der Waals surface area contributed by atoms with E-state index in [0.29, 0.717) is 11.3 Å². The molecule has 1 heterocycles. The zero-order valence-electron chi connectivity index (χ0n) is 15.7. The van der Waals surface area contributed by atoms with Crippen LogP contribution in [0.4, 0.5) is 4.39 Å². The van der Waals surface area contributed by atoms with Crippen LogP contribution in [0.3, 0.4) is 0 Å². The SMILES string of the molecule is CC(c1ccccc1)(C(O)Cc1ccc(C(=O)c2ccccc2F)[nH]1)S(N)(=O)=O. The number of aromatic nitrogens is 1. The minimum absolute atomic E-state index is 0.0832. The summed E-state index contributed by atoms with van der Waals surface area (Å²) in [6.07, 6.45) is -1.50. The number of benzene rings is 2. The van der Waals surface area contributed by atoms with Gasteiger partial charge in [-0.25, -0.2) is 17.9 Å². The number of hydrogen-bond donors (Lipinski definition) is 3. The summed E-state index contributed by atoms with van der Waals surface area (Å²) in [6.45, 7) is 1.36. The Morgan fingerprint density at radius 1 is 1.10 bits per heavy atom. The number of nitrogens with two attached hydrogens (primary N) is 1. The number of ketones is 1. The Kier molecular flexibility index (Phi) is 5.70. The average molecular weight is 416 g/mol. The molecule has 0 bridgehead atoms. The van der Waals surface area contributed by atoms with Crippen LogP contribution in [0.25, 0.3) is 0 Å². The molecular formula is C21H21FN2O4S. The van der Waals surface area contributed by atoms with E-state index >= 15 is 0 Å². The zero-order chi connectivity index (χ0) is 21.2. The number of carbonyl (C=O) groups excluding carboxylic acids is 1. The van der Waals surface area contributed by atoms with Crippen molar-refractivity contribution >= 4 is 15.8 Å². The number of hydrogen-bond acceptors (Lipinski definition) is 4. The van der Waals surface area contributed by atoms with Gasteiger partial charge >= 0.3 is 0 Å². The summed E-state index contributed by atoms with van der Waals surface area (Å²) in [4.78, 5) is 15.3. The molecule has 0 aliphatic carbocycles. The Hall–Kier alpha value is -2.81. The average Bonchev–Trinajstić information content (AvgIpc) is 3.15. The number of carbonyl (C=O) groups is 1.